The van der Waals surface area contributed by atoms with Crippen molar-refractivity contribution in [3.63, 3.8) is 0 Å². The molecule has 2 heterocycles. The van der Waals surface area contributed by atoms with Crippen LogP contribution in [-0.2, 0) is 33.7 Å². The summed E-state index contributed by atoms with van der Waals surface area (Å²) >= 11 is 1.64. The summed E-state index contributed by atoms with van der Waals surface area (Å²) in [6, 6.07) is -0.685. The number of hydrogen-bond acceptors (Lipinski definition) is 7. The van der Waals surface area contributed by atoms with Gasteiger partial charge in [-0.05, 0) is 58.7 Å². The highest BCUT2D eigenvalue weighted by atomic mass is 32.1. The highest BCUT2D eigenvalue weighted by Crippen LogP contribution is 2.34. The maximum atomic E-state index is 13.6. The minimum Gasteiger partial charge on any atom is -0.462 e. The maximum Gasteiger partial charge on any atom is 0.329 e. The minimum absolute atomic E-state index is 0.111. The predicted octanol–water partition coefficient (Wildman–Crippen LogP) is 2.93. The van der Waals surface area contributed by atoms with Crippen LogP contribution >= 0.6 is 11.3 Å². The van der Waals surface area contributed by atoms with E-state index in [1.165, 1.54) is 4.88 Å². The lowest BCUT2D eigenvalue weighted by Gasteiger charge is -2.22. The van der Waals surface area contributed by atoms with E-state index in [0.29, 0.717) is 37.4 Å². The van der Waals surface area contributed by atoms with Crippen molar-refractivity contribution >= 4 is 27.5 Å². The summed E-state index contributed by atoms with van der Waals surface area (Å²) in [5.74, 6) is 0.208. The van der Waals surface area contributed by atoms with Crippen LogP contribution in [0, 0.1) is 0 Å². The van der Waals surface area contributed by atoms with Crippen molar-refractivity contribution in [2.24, 2.45) is 0 Å². The van der Waals surface area contributed by atoms with Crippen LogP contribution in [0.4, 0.5) is 0 Å². The van der Waals surface area contributed by atoms with Crippen molar-refractivity contribution in [2.75, 3.05) is 33.9 Å². The molecule has 0 aromatic carbocycles. The van der Waals surface area contributed by atoms with Crippen LogP contribution < -0.4 is 5.56 Å². The Morgan fingerprint density at radius 2 is 2.00 bits per heavy atom. The summed E-state index contributed by atoms with van der Waals surface area (Å²) in [6.07, 6.45) is 4.63. The lowest BCUT2D eigenvalue weighted by molar-refractivity contribution is -0.149. The van der Waals surface area contributed by atoms with E-state index < -0.39 is 12.0 Å². The van der Waals surface area contributed by atoms with Crippen molar-refractivity contribution in [1.82, 2.24) is 14.5 Å². The van der Waals surface area contributed by atoms with E-state index in [2.05, 4.69) is 0 Å². The number of carbonyl (C=O) groups is 1. The van der Waals surface area contributed by atoms with Crippen LogP contribution in [0.1, 0.15) is 55.4 Å². The van der Waals surface area contributed by atoms with Crippen LogP contribution in [-0.4, -0.2) is 54.3 Å². The topological polar surface area (TPSA) is 73.7 Å². The van der Waals surface area contributed by atoms with E-state index in [0.717, 1.165) is 36.1 Å². The summed E-state index contributed by atoms with van der Waals surface area (Å²) in [6.45, 7) is 5.39. The van der Waals surface area contributed by atoms with Gasteiger partial charge in [-0.15, -0.1) is 11.3 Å². The molecule has 0 aliphatic heterocycles. The largest absolute Gasteiger partial charge is 0.462 e. The molecule has 3 rings (SSSR count). The molecular formula is C21H31N3O4S. The highest BCUT2D eigenvalue weighted by Gasteiger charge is 2.28. The maximum absolute atomic E-state index is 13.6. The van der Waals surface area contributed by atoms with Gasteiger partial charge in [0, 0.05) is 11.5 Å². The Morgan fingerprint density at radius 3 is 2.69 bits per heavy atom. The molecule has 160 valence electrons. The molecule has 0 amide bonds. The molecule has 0 spiro atoms. The molecule has 1 aliphatic rings. The third kappa shape index (κ3) is 4.70. The highest BCUT2D eigenvalue weighted by molar-refractivity contribution is 7.18. The molecule has 0 saturated carbocycles. The average molecular weight is 422 g/mol. The van der Waals surface area contributed by atoms with Gasteiger partial charge in [-0.1, -0.05) is 6.92 Å². The quantitative estimate of drug-likeness (QED) is 0.458. The summed E-state index contributed by atoms with van der Waals surface area (Å²) in [4.78, 5) is 35.3. The lowest BCUT2D eigenvalue weighted by atomic mass is 9.97. The number of carbonyl (C=O) groups excluding carboxylic acids is 1. The zero-order valence-corrected chi connectivity index (χ0v) is 18.6. The Bertz CT molecular complexity index is 919. The molecule has 29 heavy (non-hydrogen) atoms. The standard InChI is InChI=1S/C21H31N3O4S/c1-5-15(21(26)28-12-11-27-6-2)24-17(13-23(3)4)22-19-18(20(24)25)14-9-7-8-10-16(14)29-19/h15H,5-13H2,1-4H3. The second-order valence-electron chi connectivity index (χ2n) is 7.62. The molecule has 1 aliphatic carbocycles. The Morgan fingerprint density at radius 1 is 1.24 bits per heavy atom. The number of rotatable bonds is 9. The molecule has 2 aromatic heterocycles. The van der Waals surface area contributed by atoms with Gasteiger partial charge in [-0.2, -0.15) is 0 Å². The SMILES string of the molecule is CCOCCOC(=O)C(CC)n1c(CN(C)C)nc2sc3c(c2c1=O)CCCC3. The van der Waals surface area contributed by atoms with Gasteiger partial charge in [0.15, 0.2) is 0 Å². The molecule has 0 bridgehead atoms. The molecule has 0 saturated heterocycles. The number of esters is 1. The van der Waals surface area contributed by atoms with E-state index in [1.54, 1.807) is 15.9 Å². The molecule has 1 atom stereocenters. The van der Waals surface area contributed by atoms with Crippen molar-refractivity contribution < 1.29 is 14.3 Å². The zero-order chi connectivity index (χ0) is 21.0. The Kier molecular flexibility index (Phi) is 7.43. The van der Waals surface area contributed by atoms with E-state index in [4.69, 9.17) is 14.5 Å². The van der Waals surface area contributed by atoms with Crippen molar-refractivity contribution in [2.45, 2.75) is 58.5 Å². The average Bonchev–Trinajstić information content (AvgIpc) is 3.06. The third-order valence-electron chi connectivity index (χ3n) is 5.20. The van der Waals surface area contributed by atoms with Crippen molar-refractivity contribution in [3.05, 3.63) is 26.6 Å². The molecule has 0 radical (unpaired) electrons. The summed E-state index contributed by atoms with van der Waals surface area (Å²) in [5, 5.41) is 0.702. The third-order valence-corrected chi connectivity index (χ3v) is 6.38. The smallest absolute Gasteiger partial charge is 0.329 e. The predicted molar refractivity (Wildman–Crippen MR) is 115 cm³/mol. The first-order chi connectivity index (χ1) is 14.0. The second kappa shape index (κ2) is 9.82. The Balaban J connectivity index is 2.06. The molecular weight excluding hydrogens is 390 g/mol. The van der Waals surface area contributed by atoms with Crippen LogP contribution in [0.15, 0.2) is 4.79 Å². The Hall–Kier alpha value is -1.77. The Labute approximate surface area is 175 Å². The number of thiophene rings is 1. The van der Waals surface area contributed by atoms with Gasteiger partial charge in [0.25, 0.3) is 5.56 Å². The van der Waals surface area contributed by atoms with Gasteiger partial charge in [-0.25, -0.2) is 9.78 Å². The van der Waals surface area contributed by atoms with Gasteiger partial charge in [0.2, 0.25) is 0 Å². The summed E-state index contributed by atoms with van der Waals surface area (Å²) < 4.78 is 12.2. The fourth-order valence-electron chi connectivity index (χ4n) is 3.87. The molecule has 8 heteroatoms. The number of ether oxygens (including phenoxy) is 2. The summed E-state index contributed by atoms with van der Waals surface area (Å²) in [5.41, 5.74) is 1.03. The van der Waals surface area contributed by atoms with Crippen molar-refractivity contribution in [3.8, 4) is 0 Å². The van der Waals surface area contributed by atoms with Crippen molar-refractivity contribution in [1.29, 1.82) is 0 Å². The first-order valence-electron chi connectivity index (χ1n) is 10.4. The van der Waals surface area contributed by atoms with E-state index in [9.17, 15) is 9.59 Å². The lowest BCUT2D eigenvalue weighted by Crippen LogP contribution is -2.36. The van der Waals surface area contributed by atoms with Gasteiger partial charge in [-0.3, -0.25) is 9.36 Å². The first kappa shape index (κ1) is 21.9. The van der Waals surface area contributed by atoms with Crippen LogP contribution in [0.25, 0.3) is 10.2 Å². The second-order valence-corrected chi connectivity index (χ2v) is 8.70. The molecule has 0 N–H and O–H groups in total. The van der Waals surface area contributed by atoms with Crippen LogP contribution in [0.3, 0.4) is 0 Å². The number of hydrogen-bond donors (Lipinski definition) is 0. The zero-order valence-electron chi connectivity index (χ0n) is 17.8. The first-order valence-corrected chi connectivity index (χ1v) is 11.2. The number of aromatic nitrogens is 2. The van der Waals surface area contributed by atoms with Gasteiger partial charge >= 0.3 is 5.97 Å². The number of nitrogens with zero attached hydrogens (tertiary/aromatic N) is 3. The number of fused-ring (bicyclic) bond motifs is 3. The fraction of sp³-hybridized carbons (Fsp3) is 0.667. The van der Waals surface area contributed by atoms with E-state index in [-0.39, 0.29) is 12.2 Å². The van der Waals surface area contributed by atoms with E-state index in [1.807, 2.05) is 32.8 Å². The molecule has 2 aromatic rings. The monoisotopic (exact) mass is 421 g/mol. The molecule has 7 nitrogen and oxygen atoms in total. The number of aryl methyl sites for hydroxylation is 2. The van der Waals surface area contributed by atoms with Crippen LogP contribution in [0.5, 0.6) is 0 Å². The van der Waals surface area contributed by atoms with Gasteiger partial charge < -0.3 is 14.4 Å². The molecule has 0 fully saturated rings. The molecule has 1 unspecified atom stereocenters. The summed E-state index contributed by atoms with van der Waals surface area (Å²) in [7, 11) is 3.86. The van der Waals surface area contributed by atoms with Gasteiger partial charge in [0.1, 0.15) is 23.3 Å². The van der Waals surface area contributed by atoms with E-state index >= 15 is 0 Å². The van der Waals surface area contributed by atoms with Gasteiger partial charge in [0.05, 0.1) is 18.5 Å². The minimum atomic E-state index is -0.685. The normalized spacial score (nSPS) is 14.9. The van der Waals surface area contributed by atoms with Crippen LogP contribution in [0.2, 0.25) is 0 Å². The fourth-order valence-corrected chi connectivity index (χ4v) is 5.14.